The average molecular weight is 284 g/mol. The number of fused-ring (bicyclic) bond motifs is 1. The highest BCUT2D eigenvalue weighted by molar-refractivity contribution is 5.86. The molecule has 0 saturated carbocycles. The third-order valence-electron chi connectivity index (χ3n) is 2.48. The molecular formula is C13H16N8. The van der Waals surface area contributed by atoms with Crippen molar-refractivity contribution in [1.82, 2.24) is 29.3 Å². The molecule has 8 heteroatoms. The predicted molar refractivity (Wildman–Crippen MR) is 80.7 cm³/mol. The Bertz CT molecular complexity index is 732. The van der Waals surface area contributed by atoms with E-state index in [1.54, 1.807) is 33.2 Å². The van der Waals surface area contributed by atoms with Gasteiger partial charge in [-0.2, -0.15) is 5.26 Å². The van der Waals surface area contributed by atoms with Gasteiger partial charge in [0.2, 0.25) is 0 Å². The van der Waals surface area contributed by atoms with E-state index in [1.165, 1.54) is 6.33 Å². The molecule has 0 aliphatic rings. The van der Waals surface area contributed by atoms with Crippen molar-refractivity contribution in [1.29, 1.82) is 5.26 Å². The van der Waals surface area contributed by atoms with Crippen molar-refractivity contribution in [3.8, 4) is 6.07 Å². The number of imidazole rings is 1. The van der Waals surface area contributed by atoms with Gasteiger partial charge in [-0.15, -0.1) is 0 Å². The molecule has 0 aliphatic heterocycles. The van der Waals surface area contributed by atoms with Crippen LogP contribution in [0.15, 0.2) is 23.8 Å². The number of aromatic nitrogens is 4. The predicted octanol–water partition coefficient (Wildman–Crippen LogP) is 0.931. The highest BCUT2D eigenvalue weighted by Gasteiger charge is 2.12. The van der Waals surface area contributed by atoms with Crippen LogP contribution in [0.2, 0.25) is 0 Å². The Morgan fingerprint density at radius 3 is 2.62 bits per heavy atom. The molecule has 0 unspecified atom stereocenters. The molecule has 108 valence electrons. The van der Waals surface area contributed by atoms with Crippen LogP contribution in [0.25, 0.3) is 16.9 Å². The Morgan fingerprint density at radius 1 is 1.24 bits per heavy atom. The minimum absolute atomic E-state index is 0.420. The number of rotatable bonds is 4. The van der Waals surface area contributed by atoms with Crippen molar-refractivity contribution in [3.05, 3.63) is 18.9 Å². The van der Waals surface area contributed by atoms with Crippen LogP contribution in [0, 0.1) is 11.3 Å². The summed E-state index contributed by atoms with van der Waals surface area (Å²) in [5.74, 6) is 0.467. The fourth-order valence-corrected chi connectivity index (χ4v) is 1.65. The van der Waals surface area contributed by atoms with E-state index in [2.05, 4.69) is 26.0 Å². The average Bonchev–Trinajstić information content (AvgIpc) is 2.86. The Kier molecular flexibility index (Phi) is 4.13. The zero-order valence-electron chi connectivity index (χ0n) is 12.4. The highest BCUT2D eigenvalue weighted by atomic mass is 15.2. The molecule has 0 spiro atoms. The van der Waals surface area contributed by atoms with E-state index in [1.807, 2.05) is 28.2 Å². The molecular weight excluding hydrogens is 268 g/mol. The molecule has 0 saturated heterocycles. The maximum atomic E-state index is 9.28. The Labute approximate surface area is 122 Å². The molecule has 8 nitrogen and oxygen atoms in total. The molecule has 2 aromatic heterocycles. The minimum Gasteiger partial charge on any atom is -0.381 e. The van der Waals surface area contributed by atoms with Crippen molar-refractivity contribution in [3.63, 3.8) is 0 Å². The number of hydrogen-bond donors (Lipinski definition) is 0. The normalized spacial score (nSPS) is 11.9. The number of aliphatic imine (C=N–C) groups is 1. The van der Waals surface area contributed by atoms with Crippen LogP contribution >= 0.6 is 0 Å². The lowest BCUT2D eigenvalue weighted by molar-refractivity contribution is 0.563. The summed E-state index contributed by atoms with van der Waals surface area (Å²) in [7, 11) is 7.43. The Balaban J connectivity index is 2.56. The maximum Gasteiger partial charge on any atom is 0.185 e. The summed E-state index contributed by atoms with van der Waals surface area (Å²) in [5.41, 5.74) is 1.52. The van der Waals surface area contributed by atoms with Gasteiger partial charge in [0, 0.05) is 34.4 Å². The van der Waals surface area contributed by atoms with E-state index in [-0.39, 0.29) is 0 Å². The van der Waals surface area contributed by atoms with E-state index in [4.69, 9.17) is 0 Å². The van der Waals surface area contributed by atoms with Gasteiger partial charge >= 0.3 is 0 Å². The van der Waals surface area contributed by atoms with Crippen molar-refractivity contribution in [2.75, 3.05) is 28.2 Å². The van der Waals surface area contributed by atoms with Crippen LogP contribution in [0.3, 0.4) is 0 Å². The minimum atomic E-state index is 0.420. The molecule has 0 aliphatic carbocycles. The first-order valence-corrected chi connectivity index (χ1v) is 6.20. The van der Waals surface area contributed by atoms with Crippen molar-refractivity contribution in [2.24, 2.45) is 4.99 Å². The third-order valence-corrected chi connectivity index (χ3v) is 2.48. The van der Waals surface area contributed by atoms with Gasteiger partial charge in [0.15, 0.2) is 17.0 Å². The monoisotopic (exact) mass is 284 g/mol. The lowest BCUT2D eigenvalue weighted by Gasteiger charge is -2.07. The summed E-state index contributed by atoms with van der Waals surface area (Å²) in [6.07, 6.45) is 6.30. The molecule has 0 N–H and O–H groups in total. The number of hydrogen-bond acceptors (Lipinski definition) is 6. The van der Waals surface area contributed by atoms with Crippen LogP contribution in [-0.4, -0.2) is 63.8 Å². The molecule has 2 heterocycles. The van der Waals surface area contributed by atoms with Gasteiger partial charge in [0.25, 0.3) is 0 Å². The fraction of sp³-hybridized carbons (Fsp3) is 0.308. The second-order valence-corrected chi connectivity index (χ2v) is 4.78. The summed E-state index contributed by atoms with van der Waals surface area (Å²) in [4.78, 5) is 20.4. The third kappa shape index (κ3) is 3.14. The summed E-state index contributed by atoms with van der Waals surface area (Å²) in [6.45, 7) is 0. The molecule has 0 fully saturated rings. The highest BCUT2D eigenvalue weighted by Crippen LogP contribution is 2.22. The SMILES string of the molecule is CN(C)/C=N/c1ncnc2c1ncn2/C(C#N)=C/N(C)C. The quantitative estimate of drug-likeness (QED) is 0.471. The molecule has 0 amide bonds. The number of nitrogens with zero attached hydrogens (tertiary/aromatic N) is 8. The lowest BCUT2D eigenvalue weighted by atomic mass is 10.4. The van der Waals surface area contributed by atoms with Gasteiger partial charge in [0.1, 0.15) is 24.4 Å². The Morgan fingerprint density at radius 2 is 2.00 bits per heavy atom. The summed E-state index contributed by atoms with van der Waals surface area (Å²) < 4.78 is 1.62. The molecule has 0 radical (unpaired) electrons. The maximum absolute atomic E-state index is 9.28. The van der Waals surface area contributed by atoms with Crippen LogP contribution < -0.4 is 0 Å². The summed E-state index contributed by atoms with van der Waals surface area (Å²) >= 11 is 0. The van der Waals surface area contributed by atoms with E-state index in [0.29, 0.717) is 22.7 Å². The van der Waals surface area contributed by atoms with E-state index in [9.17, 15) is 5.26 Å². The first-order chi connectivity index (χ1) is 10.0. The van der Waals surface area contributed by atoms with Gasteiger partial charge in [-0.1, -0.05) is 0 Å². The van der Waals surface area contributed by atoms with Crippen LogP contribution in [0.4, 0.5) is 5.82 Å². The van der Waals surface area contributed by atoms with Gasteiger partial charge in [0.05, 0.1) is 6.34 Å². The lowest BCUT2D eigenvalue weighted by Crippen LogP contribution is -2.07. The van der Waals surface area contributed by atoms with Crippen LogP contribution in [-0.2, 0) is 0 Å². The van der Waals surface area contributed by atoms with Crippen molar-refractivity contribution < 1.29 is 0 Å². The smallest absolute Gasteiger partial charge is 0.185 e. The molecule has 21 heavy (non-hydrogen) atoms. The first-order valence-electron chi connectivity index (χ1n) is 6.20. The molecule has 0 atom stereocenters. The van der Waals surface area contributed by atoms with Crippen molar-refractivity contribution >= 4 is 29.0 Å². The largest absolute Gasteiger partial charge is 0.381 e. The van der Waals surface area contributed by atoms with Crippen molar-refractivity contribution in [2.45, 2.75) is 0 Å². The summed E-state index contributed by atoms with van der Waals surface area (Å²) in [5, 5.41) is 9.28. The van der Waals surface area contributed by atoms with Gasteiger partial charge < -0.3 is 9.80 Å². The van der Waals surface area contributed by atoms with Gasteiger partial charge in [-0.05, 0) is 0 Å². The van der Waals surface area contributed by atoms with E-state index >= 15 is 0 Å². The van der Waals surface area contributed by atoms with Crippen LogP contribution in [0.1, 0.15) is 0 Å². The van der Waals surface area contributed by atoms with Gasteiger partial charge in [-0.25, -0.2) is 19.9 Å². The van der Waals surface area contributed by atoms with E-state index in [0.717, 1.165) is 0 Å². The molecule has 2 rings (SSSR count). The second kappa shape index (κ2) is 6.00. The molecule has 0 bridgehead atoms. The second-order valence-electron chi connectivity index (χ2n) is 4.78. The zero-order chi connectivity index (χ0) is 15.4. The topological polar surface area (TPSA) is 86.2 Å². The zero-order valence-corrected chi connectivity index (χ0v) is 12.4. The fourth-order valence-electron chi connectivity index (χ4n) is 1.65. The van der Waals surface area contributed by atoms with Gasteiger partial charge in [-0.3, -0.25) is 4.57 Å². The number of nitriles is 1. The Hall–Kier alpha value is -2.95. The number of allylic oxidation sites excluding steroid dienone is 1. The van der Waals surface area contributed by atoms with E-state index < -0.39 is 0 Å². The standard InChI is InChI=1S/C13H16N8/c1-19(2)6-10(5-14)21-9-17-11-12(18-8-20(3)4)15-7-16-13(11)21/h6-9H,1-4H3/b10-6+,18-8+. The first kappa shape index (κ1) is 14.5. The summed E-state index contributed by atoms with van der Waals surface area (Å²) in [6, 6.07) is 2.13. The molecule has 2 aromatic rings. The molecule has 0 aromatic carbocycles. The van der Waals surface area contributed by atoms with Crippen LogP contribution in [0.5, 0.6) is 0 Å².